The SMILES string of the molecule is Cc1ccc(Cn2cccc2C(=O)C(=O)NCc2cccs2)cc1C. The second kappa shape index (κ2) is 7.49. The number of thiophene rings is 1. The van der Waals surface area contributed by atoms with Crippen LogP contribution in [0, 0.1) is 13.8 Å². The molecule has 0 radical (unpaired) electrons. The third kappa shape index (κ3) is 4.06. The molecule has 1 N–H and O–H groups in total. The van der Waals surface area contributed by atoms with Crippen LogP contribution in [0.25, 0.3) is 0 Å². The van der Waals surface area contributed by atoms with Crippen molar-refractivity contribution >= 4 is 23.0 Å². The Hall–Kier alpha value is -2.66. The van der Waals surface area contributed by atoms with E-state index in [1.54, 1.807) is 23.5 Å². The fraction of sp³-hybridized carbons (Fsp3) is 0.200. The van der Waals surface area contributed by atoms with Crippen LogP contribution in [0.4, 0.5) is 0 Å². The van der Waals surface area contributed by atoms with Crippen molar-refractivity contribution in [1.82, 2.24) is 9.88 Å². The smallest absolute Gasteiger partial charge is 0.294 e. The summed E-state index contributed by atoms with van der Waals surface area (Å²) in [5, 5.41) is 4.63. The molecule has 0 unspecified atom stereocenters. The number of aryl methyl sites for hydroxylation is 2. The van der Waals surface area contributed by atoms with Crippen LogP contribution in [0.15, 0.2) is 54.0 Å². The molecule has 4 nitrogen and oxygen atoms in total. The molecule has 0 saturated heterocycles. The summed E-state index contributed by atoms with van der Waals surface area (Å²) in [7, 11) is 0. The summed E-state index contributed by atoms with van der Waals surface area (Å²) in [6, 6.07) is 13.6. The number of nitrogens with one attached hydrogen (secondary N) is 1. The third-order valence-electron chi connectivity index (χ3n) is 4.20. The highest BCUT2D eigenvalue weighted by atomic mass is 32.1. The summed E-state index contributed by atoms with van der Waals surface area (Å²) in [5.74, 6) is -1.08. The van der Waals surface area contributed by atoms with Crippen molar-refractivity contribution < 1.29 is 9.59 Å². The monoisotopic (exact) mass is 352 g/mol. The maximum atomic E-state index is 12.5. The molecule has 1 aromatic carbocycles. The zero-order valence-electron chi connectivity index (χ0n) is 14.3. The number of hydrogen-bond donors (Lipinski definition) is 1. The zero-order chi connectivity index (χ0) is 17.8. The van der Waals surface area contributed by atoms with Gasteiger partial charge in [0.25, 0.3) is 11.7 Å². The van der Waals surface area contributed by atoms with E-state index in [9.17, 15) is 9.59 Å². The highest BCUT2D eigenvalue weighted by Crippen LogP contribution is 2.14. The van der Waals surface area contributed by atoms with Crippen LogP contribution < -0.4 is 5.32 Å². The van der Waals surface area contributed by atoms with Crippen molar-refractivity contribution in [3.05, 3.63) is 81.3 Å². The lowest BCUT2D eigenvalue weighted by Gasteiger charge is -2.10. The number of benzene rings is 1. The molecule has 0 aliphatic carbocycles. The Balaban J connectivity index is 1.70. The van der Waals surface area contributed by atoms with Crippen molar-refractivity contribution in [1.29, 1.82) is 0 Å². The van der Waals surface area contributed by atoms with Crippen LogP contribution in [0.3, 0.4) is 0 Å². The van der Waals surface area contributed by atoms with Crippen molar-refractivity contribution in [2.75, 3.05) is 0 Å². The van der Waals surface area contributed by atoms with Crippen molar-refractivity contribution in [2.45, 2.75) is 26.9 Å². The van der Waals surface area contributed by atoms with Crippen LogP contribution in [-0.2, 0) is 17.9 Å². The molecular weight excluding hydrogens is 332 g/mol. The minimum Gasteiger partial charge on any atom is -0.344 e. The number of aromatic nitrogens is 1. The van der Waals surface area contributed by atoms with Crippen LogP contribution in [0.1, 0.15) is 32.1 Å². The van der Waals surface area contributed by atoms with Gasteiger partial charge < -0.3 is 9.88 Å². The molecule has 128 valence electrons. The first-order chi connectivity index (χ1) is 12.0. The number of ketones is 1. The quantitative estimate of drug-likeness (QED) is 0.543. The Morgan fingerprint density at radius 2 is 1.92 bits per heavy atom. The van der Waals surface area contributed by atoms with Gasteiger partial charge in [-0.25, -0.2) is 0 Å². The molecular formula is C20H20N2O2S. The first kappa shape index (κ1) is 17.2. The number of nitrogens with zero attached hydrogens (tertiary/aromatic N) is 1. The minimum atomic E-state index is -0.576. The molecule has 5 heteroatoms. The Labute approximate surface area is 151 Å². The Morgan fingerprint density at radius 1 is 1.08 bits per heavy atom. The van der Waals surface area contributed by atoms with Gasteiger partial charge in [-0.2, -0.15) is 0 Å². The summed E-state index contributed by atoms with van der Waals surface area (Å²) in [4.78, 5) is 25.7. The second-order valence-corrected chi connectivity index (χ2v) is 7.06. The maximum Gasteiger partial charge on any atom is 0.294 e. The Morgan fingerprint density at radius 3 is 2.64 bits per heavy atom. The largest absolute Gasteiger partial charge is 0.344 e. The van der Waals surface area contributed by atoms with Crippen LogP contribution in [-0.4, -0.2) is 16.3 Å². The number of carbonyl (C=O) groups is 2. The van der Waals surface area contributed by atoms with Crippen LogP contribution in [0.5, 0.6) is 0 Å². The van der Waals surface area contributed by atoms with Gasteiger partial charge in [0.15, 0.2) is 0 Å². The van der Waals surface area contributed by atoms with Crippen molar-refractivity contribution in [2.24, 2.45) is 0 Å². The van der Waals surface area contributed by atoms with Crippen molar-refractivity contribution in [3.8, 4) is 0 Å². The third-order valence-corrected chi connectivity index (χ3v) is 5.07. The van der Waals surface area contributed by atoms with Crippen LogP contribution in [0.2, 0.25) is 0 Å². The number of carbonyl (C=O) groups excluding carboxylic acids is 2. The lowest BCUT2D eigenvalue weighted by Crippen LogP contribution is -2.31. The minimum absolute atomic E-state index is 0.375. The summed E-state index contributed by atoms with van der Waals surface area (Å²) < 4.78 is 1.82. The van der Waals surface area contributed by atoms with Gasteiger partial charge in [0.1, 0.15) is 0 Å². The molecule has 0 fully saturated rings. The summed E-state index contributed by atoms with van der Waals surface area (Å²) in [6.45, 7) is 5.08. The normalized spacial score (nSPS) is 10.6. The van der Waals surface area contributed by atoms with Gasteiger partial charge in [0, 0.05) is 17.6 Å². The van der Waals surface area contributed by atoms with Gasteiger partial charge in [-0.3, -0.25) is 9.59 Å². The van der Waals surface area contributed by atoms with E-state index < -0.39 is 11.7 Å². The van der Waals surface area contributed by atoms with Gasteiger partial charge in [-0.1, -0.05) is 24.3 Å². The Bertz CT molecular complexity index is 894. The lowest BCUT2D eigenvalue weighted by atomic mass is 10.1. The molecule has 2 aromatic heterocycles. The number of hydrogen-bond acceptors (Lipinski definition) is 3. The first-order valence-electron chi connectivity index (χ1n) is 8.11. The molecule has 0 bridgehead atoms. The van der Waals surface area contributed by atoms with E-state index in [-0.39, 0.29) is 0 Å². The molecule has 1 amide bonds. The van der Waals surface area contributed by atoms with E-state index >= 15 is 0 Å². The van der Waals surface area contributed by atoms with E-state index in [2.05, 4.69) is 31.3 Å². The van der Waals surface area contributed by atoms with Gasteiger partial charge in [0.05, 0.1) is 12.2 Å². The highest BCUT2D eigenvalue weighted by Gasteiger charge is 2.19. The molecule has 3 aromatic rings. The van der Waals surface area contributed by atoms with E-state index in [0.717, 1.165) is 10.4 Å². The zero-order valence-corrected chi connectivity index (χ0v) is 15.1. The van der Waals surface area contributed by atoms with Crippen molar-refractivity contribution in [3.63, 3.8) is 0 Å². The fourth-order valence-electron chi connectivity index (χ4n) is 2.63. The fourth-order valence-corrected chi connectivity index (χ4v) is 3.28. The average Bonchev–Trinajstić information content (AvgIpc) is 3.27. The standard InChI is InChI=1S/C20H20N2O2S/c1-14-7-8-16(11-15(14)2)13-22-9-3-6-18(22)19(23)20(24)21-12-17-5-4-10-25-17/h3-11H,12-13H2,1-2H3,(H,21,24). The van der Waals surface area contributed by atoms with E-state index in [1.807, 2.05) is 34.3 Å². The molecule has 0 aliphatic rings. The summed E-state index contributed by atoms with van der Waals surface area (Å²) >= 11 is 1.55. The second-order valence-electron chi connectivity index (χ2n) is 6.03. The summed E-state index contributed by atoms with van der Waals surface area (Å²) in [6.07, 6.45) is 1.83. The van der Waals surface area contributed by atoms with E-state index in [1.165, 1.54) is 11.1 Å². The predicted octanol–water partition coefficient (Wildman–Crippen LogP) is 3.71. The maximum absolute atomic E-state index is 12.5. The molecule has 0 spiro atoms. The number of amides is 1. The van der Waals surface area contributed by atoms with Crippen LogP contribution >= 0.6 is 11.3 Å². The lowest BCUT2D eigenvalue weighted by molar-refractivity contribution is -0.117. The number of rotatable bonds is 6. The Kier molecular flexibility index (Phi) is 5.14. The highest BCUT2D eigenvalue weighted by molar-refractivity contribution is 7.09. The van der Waals surface area contributed by atoms with Gasteiger partial charge in [0.2, 0.25) is 0 Å². The first-order valence-corrected chi connectivity index (χ1v) is 8.99. The van der Waals surface area contributed by atoms with Gasteiger partial charge >= 0.3 is 0 Å². The molecule has 0 aliphatic heterocycles. The van der Waals surface area contributed by atoms with E-state index in [4.69, 9.17) is 0 Å². The molecule has 0 saturated carbocycles. The molecule has 0 atom stereocenters. The molecule has 2 heterocycles. The topological polar surface area (TPSA) is 51.1 Å². The molecule has 25 heavy (non-hydrogen) atoms. The van der Waals surface area contributed by atoms with Gasteiger partial charge in [-0.15, -0.1) is 11.3 Å². The van der Waals surface area contributed by atoms with E-state index in [0.29, 0.717) is 18.8 Å². The number of Topliss-reactive ketones (excluding diaryl/α,β-unsaturated/α-hetero) is 1. The van der Waals surface area contributed by atoms with Gasteiger partial charge in [-0.05, 0) is 54.1 Å². The predicted molar refractivity (Wildman–Crippen MR) is 99.9 cm³/mol. The summed E-state index contributed by atoms with van der Waals surface area (Å²) in [5.41, 5.74) is 3.96. The average molecular weight is 352 g/mol. The molecule has 3 rings (SSSR count).